The van der Waals surface area contributed by atoms with Crippen LogP contribution in [-0.4, -0.2) is 83.4 Å². The van der Waals surface area contributed by atoms with Crippen LogP contribution in [0.1, 0.15) is 31.5 Å². The lowest BCUT2D eigenvalue weighted by Crippen LogP contribution is -2.39. The Hall–Kier alpha value is -1.70. The monoisotopic (exact) mass is 388 g/mol. The third-order valence-electron chi connectivity index (χ3n) is 5.98. The number of hydrogen-bond donors (Lipinski definition) is 1. The van der Waals surface area contributed by atoms with Crippen molar-refractivity contribution in [1.29, 1.82) is 0 Å². The average molecular weight is 389 g/mol. The molecular weight excluding hydrogens is 352 g/mol. The minimum atomic E-state index is 0.840. The highest BCUT2D eigenvalue weighted by molar-refractivity contribution is 5.91. The third-order valence-corrected chi connectivity index (χ3v) is 5.98. The molecule has 1 fully saturated rings. The summed E-state index contributed by atoms with van der Waals surface area (Å²) >= 11 is 0. The minimum absolute atomic E-state index is 0.840. The molecule has 0 aliphatic carbocycles. The van der Waals surface area contributed by atoms with E-state index < -0.39 is 0 Å². The van der Waals surface area contributed by atoms with Gasteiger partial charge in [-0.3, -0.25) is 4.90 Å². The molecule has 1 aliphatic heterocycles. The number of aryl methyl sites for hydroxylation is 2. The van der Waals surface area contributed by atoms with Crippen LogP contribution in [0.5, 0.6) is 0 Å². The number of anilines is 1. The Kier molecular flexibility index (Phi) is 7.65. The van der Waals surface area contributed by atoms with Gasteiger partial charge >= 0.3 is 0 Å². The van der Waals surface area contributed by atoms with E-state index in [1.54, 1.807) is 6.33 Å². The van der Waals surface area contributed by atoms with E-state index in [4.69, 9.17) is 4.74 Å². The summed E-state index contributed by atoms with van der Waals surface area (Å²) in [7, 11) is 0. The summed E-state index contributed by atoms with van der Waals surface area (Å²) in [5.41, 5.74) is 3.64. The highest BCUT2D eigenvalue weighted by Crippen LogP contribution is 2.28. The summed E-state index contributed by atoms with van der Waals surface area (Å²) in [6, 6.07) is 0. The quantitative estimate of drug-likeness (QED) is 0.675. The molecule has 7 heteroatoms. The first-order valence-electron chi connectivity index (χ1n) is 10.7. The van der Waals surface area contributed by atoms with E-state index in [1.807, 2.05) is 0 Å². The Morgan fingerprint density at radius 3 is 2.57 bits per heavy atom. The second-order valence-electron chi connectivity index (χ2n) is 7.54. The predicted molar refractivity (Wildman–Crippen MR) is 115 cm³/mol. The molecule has 0 radical (unpaired) electrons. The van der Waals surface area contributed by atoms with Crippen LogP contribution in [0.25, 0.3) is 11.0 Å². The van der Waals surface area contributed by atoms with Crippen LogP contribution in [-0.2, 0) is 11.3 Å². The van der Waals surface area contributed by atoms with Gasteiger partial charge < -0.3 is 19.5 Å². The minimum Gasteiger partial charge on any atom is -0.379 e. The lowest BCUT2D eigenvalue weighted by Gasteiger charge is -2.26. The Labute approximate surface area is 169 Å². The van der Waals surface area contributed by atoms with Gasteiger partial charge in [-0.2, -0.15) is 0 Å². The fourth-order valence-electron chi connectivity index (χ4n) is 4.03. The SMILES string of the molecule is CCN(CC)CCCn1c(C)c(C)c2c(NCCN3CCOCC3)ncnc21. The molecule has 2 aromatic rings. The summed E-state index contributed by atoms with van der Waals surface area (Å²) in [4.78, 5) is 14.1. The molecule has 0 aromatic carbocycles. The molecular formula is C21H36N6O. The second kappa shape index (κ2) is 10.2. The largest absolute Gasteiger partial charge is 0.379 e. The molecule has 0 saturated carbocycles. The van der Waals surface area contributed by atoms with Gasteiger partial charge in [-0.25, -0.2) is 9.97 Å². The van der Waals surface area contributed by atoms with E-state index in [2.05, 4.69) is 57.3 Å². The van der Waals surface area contributed by atoms with Gasteiger partial charge in [-0.1, -0.05) is 13.8 Å². The number of aromatic nitrogens is 3. The van der Waals surface area contributed by atoms with Crippen molar-refractivity contribution >= 4 is 16.9 Å². The molecule has 0 unspecified atom stereocenters. The highest BCUT2D eigenvalue weighted by atomic mass is 16.5. The first kappa shape index (κ1) is 21.0. The summed E-state index contributed by atoms with van der Waals surface area (Å²) in [5.74, 6) is 0.960. The summed E-state index contributed by atoms with van der Waals surface area (Å²) in [6.45, 7) is 18.8. The number of nitrogens with zero attached hydrogens (tertiary/aromatic N) is 5. The van der Waals surface area contributed by atoms with Gasteiger partial charge in [0.05, 0.1) is 18.6 Å². The van der Waals surface area contributed by atoms with Gasteiger partial charge in [0, 0.05) is 38.4 Å². The van der Waals surface area contributed by atoms with E-state index in [9.17, 15) is 0 Å². The summed E-state index contributed by atoms with van der Waals surface area (Å²) < 4.78 is 7.79. The molecule has 3 rings (SSSR count). The van der Waals surface area contributed by atoms with E-state index >= 15 is 0 Å². The van der Waals surface area contributed by atoms with Crippen molar-refractivity contribution in [1.82, 2.24) is 24.3 Å². The second-order valence-corrected chi connectivity index (χ2v) is 7.54. The maximum atomic E-state index is 5.43. The van der Waals surface area contributed by atoms with Crippen molar-refractivity contribution in [3.8, 4) is 0 Å². The molecule has 1 aliphatic rings. The molecule has 0 amide bonds. The summed E-state index contributed by atoms with van der Waals surface area (Å²) in [5, 5.41) is 4.72. The fourth-order valence-corrected chi connectivity index (χ4v) is 4.03. The Morgan fingerprint density at radius 2 is 1.86 bits per heavy atom. The molecule has 1 N–H and O–H groups in total. The lowest BCUT2D eigenvalue weighted by molar-refractivity contribution is 0.0398. The van der Waals surface area contributed by atoms with E-state index in [1.165, 1.54) is 16.6 Å². The number of nitrogens with one attached hydrogen (secondary N) is 1. The van der Waals surface area contributed by atoms with E-state index in [-0.39, 0.29) is 0 Å². The van der Waals surface area contributed by atoms with Crippen molar-refractivity contribution in [2.45, 2.75) is 40.7 Å². The first-order chi connectivity index (χ1) is 13.7. The summed E-state index contributed by atoms with van der Waals surface area (Å²) in [6.07, 6.45) is 2.83. The normalized spacial score (nSPS) is 15.6. The Balaban J connectivity index is 1.69. The van der Waals surface area contributed by atoms with Gasteiger partial charge in [0.1, 0.15) is 17.8 Å². The maximum Gasteiger partial charge on any atom is 0.145 e. The van der Waals surface area contributed by atoms with Gasteiger partial charge in [0.15, 0.2) is 0 Å². The van der Waals surface area contributed by atoms with Crippen LogP contribution in [0.4, 0.5) is 5.82 Å². The van der Waals surface area contributed by atoms with E-state index in [0.29, 0.717) is 0 Å². The van der Waals surface area contributed by atoms with Crippen molar-refractivity contribution < 1.29 is 4.74 Å². The molecule has 7 nitrogen and oxygen atoms in total. The number of hydrogen-bond acceptors (Lipinski definition) is 6. The smallest absolute Gasteiger partial charge is 0.145 e. The van der Waals surface area contributed by atoms with Gasteiger partial charge in [0.25, 0.3) is 0 Å². The van der Waals surface area contributed by atoms with Crippen LogP contribution in [0.2, 0.25) is 0 Å². The van der Waals surface area contributed by atoms with Crippen LogP contribution < -0.4 is 5.32 Å². The van der Waals surface area contributed by atoms with Gasteiger partial charge in [0.2, 0.25) is 0 Å². The van der Waals surface area contributed by atoms with Gasteiger partial charge in [-0.05, 0) is 45.5 Å². The Bertz CT molecular complexity index is 749. The number of morpholine rings is 1. The standard InChI is InChI=1S/C21H36N6O/c1-5-25(6-2)9-7-10-27-18(4)17(3)19-20(23-16-24-21(19)27)22-8-11-26-12-14-28-15-13-26/h16H,5-15H2,1-4H3,(H,22,23,24). The van der Waals surface area contributed by atoms with Crippen LogP contribution in [0.15, 0.2) is 6.33 Å². The molecule has 0 spiro atoms. The molecule has 2 aromatic heterocycles. The van der Waals surface area contributed by atoms with Crippen molar-refractivity contribution in [3.63, 3.8) is 0 Å². The maximum absolute atomic E-state index is 5.43. The number of rotatable bonds is 10. The van der Waals surface area contributed by atoms with Crippen molar-refractivity contribution in [2.24, 2.45) is 0 Å². The highest BCUT2D eigenvalue weighted by Gasteiger charge is 2.17. The first-order valence-corrected chi connectivity index (χ1v) is 10.7. The zero-order valence-corrected chi connectivity index (χ0v) is 18.0. The Morgan fingerprint density at radius 1 is 1.11 bits per heavy atom. The molecule has 156 valence electrons. The fraction of sp³-hybridized carbons (Fsp3) is 0.714. The van der Waals surface area contributed by atoms with Crippen LogP contribution in [0, 0.1) is 13.8 Å². The molecule has 1 saturated heterocycles. The zero-order chi connectivity index (χ0) is 19.9. The number of ether oxygens (including phenoxy) is 1. The molecule has 28 heavy (non-hydrogen) atoms. The topological polar surface area (TPSA) is 58.5 Å². The predicted octanol–water partition coefficient (Wildman–Crippen LogP) is 2.52. The van der Waals surface area contributed by atoms with Crippen molar-refractivity contribution in [3.05, 3.63) is 17.6 Å². The van der Waals surface area contributed by atoms with Crippen LogP contribution >= 0.6 is 0 Å². The average Bonchev–Trinajstić information content (AvgIpc) is 2.97. The molecule has 3 heterocycles. The van der Waals surface area contributed by atoms with Gasteiger partial charge in [-0.15, -0.1) is 0 Å². The number of fused-ring (bicyclic) bond motifs is 1. The van der Waals surface area contributed by atoms with E-state index in [0.717, 1.165) is 83.5 Å². The lowest BCUT2D eigenvalue weighted by atomic mass is 10.2. The molecule has 0 atom stereocenters. The van der Waals surface area contributed by atoms with Crippen LogP contribution in [0.3, 0.4) is 0 Å². The molecule has 0 bridgehead atoms. The zero-order valence-electron chi connectivity index (χ0n) is 18.0. The van der Waals surface area contributed by atoms with Crippen molar-refractivity contribution in [2.75, 3.05) is 64.3 Å². The third kappa shape index (κ3) is 4.82.